The molecule has 1 aliphatic carbocycles. The van der Waals surface area contributed by atoms with Gasteiger partial charge in [-0.2, -0.15) is 0 Å². The number of hydrogen-bond donors (Lipinski definition) is 1. The van der Waals surface area contributed by atoms with Gasteiger partial charge < -0.3 is 14.8 Å². The smallest absolute Gasteiger partial charge is 0.119 e. The molecule has 0 radical (unpaired) electrons. The Morgan fingerprint density at radius 1 is 1.25 bits per heavy atom. The van der Waals surface area contributed by atoms with E-state index >= 15 is 0 Å². The van der Waals surface area contributed by atoms with Gasteiger partial charge in [0.15, 0.2) is 0 Å². The van der Waals surface area contributed by atoms with Crippen LogP contribution in [-0.2, 0) is 11.3 Å². The third-order valence-electron chi connectivity index (χ3n) is 4.08. The minimum Gasteiger partial charge on any atom is -0.490 e. The van der Waals surface area contributed by atoms with Gasteiger partial charge in [-0.25, -0.2) is 0 Å². The molecule has 2 fully saturated rings. The highest BCUT2D eigenvalue weighted by Crippen LogP contribution is 2.38. The lowest BCUT2D eigenvalue weighted by atomic mass is 10.1. The molecule has 1 aromatic rings. The first-order valence-corrected chi connectivity index (χ1v) is 7.54. The monoisotopic (exact) mass is 273 g/mol. The van der Waals surface area contributed by atoms with Crippen molar-refractivity contribution in [2.24, 2.45) is 5.92 Å². The SMILES string of the molecule is C=CCOc1ccc(CNC2CCOC2C2CC2)cc1. The van der Waals surface area contributed by atoms with E-state index in [1.165, 1.54) is 18.4 Å². The Kier molecular flexibility index (Phi) is 4.38. The van der Waals surface area contributed by atoms with Crippen molar-refractivity contribution in [1.29, 1.82) is 0 Å². The molecule has 3 rings (SSSR count). The highest BCUT2D eigenvalue weighted by Gasteiger charge is 2.40. The summed E-state index contributed by atoms with van der Waals surface area (Å²) in [5.41, 5.74) is 1.29. The maximum absolute atomic E-state index is 5.85. The predicted octanol–water partition coefficient (Wildman–Crippen LogP) is 2.91. The molecule has 3 nitrogen and oxygen atoms in total. The van der Waals surface area contributed by atoms with Crippen LogP contribution in [0.5, 0.6) is 5.75 Å². The minimum absolute atomic E-state index is 0.449. The Labute approximate surface area is 121 Å². The molecule has 1 N–H and O–H groups in total. The molecule has 1 aromatic carbocycles. The van der Waals surface area contributed by atoms with Crippen LogP contribution in [0.15, 0.2) is 36.9 Å². The second-order valence-corrected chi connectivity index (χ2v) is 5.69. The van der Waals surface area contributed by atoms with Gasteiger partial charge in [0.2, 0.25) is 0 Å². The number of rotatable bonds is 7. The summed E-state index contributed by atoms with van der Waals surface area (Å²) in [5.74, 6) is 1.71. The largest absolute Gasteiger partial charge is 0.490 e. The van der Waals surface area contributed by atoms with Gasteiger partial charge in [-0.3, -0.25) is 0 Å². The molecule has 0 aromatic heterocycles. The lowest BCUT2D eigenvalue weighted by Gasteiger charge is -2.19. The van der Waals surface area contributed by atoms with Crippen molar-refractivity contribution < 1.29 is 9.47 Å². The molecule has 0 amide bonds. The molecule has 0 spiro atoms. The lowest BCUT2D eigenvalue weighted by Crippen LogP contribution is -2.37. The van der Waals surface area contributed by atoms with Crippen LogP contribution >= 0.6 is 0 Å². The third-order valence-corrected chi connectivity index (χ3v) is 4.08. The topological polar surface area (TPSA) is 30.5 Å². The standard InChI is InChI=1S/C17H23NO2/c1-2-10-19-15-7-3-13(4-8-15)12-18-16-9-11-20-17(16)14-5-6-14/h2-4,7-8,14,16-18H,1,5-6,9-12H2. The van der Waals surface area contributed by atoms with Crippen molar-refractivity contribution in [3.63, 3.8) is 0 Å². The molecule has 1 heterocycles. The lowest BCUT2D eigenvalue weighted by molar-refractivity contribution is 0.0809. The first-order valence-electron chi connectivity index (χ1n) is 7.54. The maximum atomic E-state index is 5.85. The summed E-state index contributed by atoms with van der Waals surface area (Å²) in [6.45, 7) is 6.01. The summed E-state index contributed by atoms with van der Waals surface area (Å²) in [7, 11) is 0. The van der Waals surface area contributed by atoms with Gasteiger partial charge in [-0.1, -0.05) is 24.8 Å². The van der Waals surface area contributed by atoms with Gasteiger partial charge in [0.05, 0.1) is 6.10 Å². The summed E-state index contributed by atoms with van der Waals surface area (Å²) >= 11 is 0. The first kappa shape index (κ1) is 13.7. The van der Waals surface area contributed by atoms with Crippen LogP contribution < -0.4 is 10.1 Å². The average molecular weight is 273 g/mol. The van der Waals surface area contributed by atoms with E-state index in [1.54, 1.807) is 6.08 Å². The molecule has 108 valence electrons. The predicted molar refractivity (Wildman–Crippen MR) is 79.8 cm³/mol. The maximum Gasteiger partial charge on any atom is 0.119 e. The van der Waals surface area contributed by atoms with Crippen molar-refractivity contribution in [2.45, 2.75) is 38.0 Å². The van der Waals surface area contributed by atoms with E-state index < -0.39 is 0 Å². The first-order chi connectivity index (χ1) is 9.86. The fourth-order valence-electron chi connectivity index (χ4n) is 2.83. The zero-order valence-electron chi connectivity index (χ0n) is 11.9. The number of nitrogens with one attached hydrogen (secondary N) is 1. The normalized spacial score (nSPS) is 25.6. The molecule has 2 atom stereocenters. The molecule has 1 aliphatic heterocycles. The summed E-state index contributed by atoms with van der Waals surface area (Å²) in [6, 6.07) is 8.80. The van der Waals surface area contributed by atoms with Crippen LogP contribution in [0.1, 0.15) is 24.8 Å². The van der Waals surface area contributed by atoms with Crippen LogP contribution in [0, 0.1) is 5.92 Å². The molecule has 2 aliphatic rings. The van der Waals surface area contributed by atoms with E-state index in [4.69, 9.17) is 9.47 Å². The summed E-state index contributed by atoms with van der Waals surface area (Å²) in [4.78, 5) is 0. The second-order valence-electron chi connectivity index (χ2n) is 5.69. The quantitative estimate of drug-likeness (QED) is 0.775. The summed E-state index contributed by atoms with van der Waals surface area (Å²) < 4.78 is 11.3. The number of hydrogen-bond acceptors (Lipinski definition) is 3. The molecule has 20 heavy (non-hydrogen) atoms. The van der Waals surface area contributed by atoms with E-state index in [0.29, 0.717) is 18.8 Å². The second kappa shape index (κ2) is 6.42. The highest BCUT2D eigenvalue weighted by molar-refractivity contribution is 5.27. The molecule has 3 heteroatoms. The fourth-order valence-corrected chi connectivity index (χ4v) is 2.83. The highest BCUT2D eigenvalue weighted by atomic mass is 16.5. The van der Waals surface area contributed by atoms with Crippen LogP contribution in [0.2, 0.25) is 0 Å². The Morgan fingerprint density at radius 3 is 2.75 bits per heavy atom. The van der Waals surface area contributed by atoms with Gasteiger partial charge >= 0.3 is 0 Å². The van der Waals surface area contributed by atoms with Gasteiger partial charge in [0.1, 0.15) is 12.4 Å². The van der Waals surface area contributed by atoms with Gasteiger partial charge in [0, 0.05) is 19.2 Å². The summed E-state index contributed by atoms with van der Waals surface area (Å²) in [5, 5.41) is 3.65. The Balaban J connectivity index is 1.49. The van der Waals surface area contributed by atoms with E-state index in [0.717, 1.165) is 31.2 Å². The fraction of sp³-hybridized carbons (Fsp3) is 0.529. The van der Waals surface area contributed by atoms with Crippen molar-refractivity contribution in [1.82, 2.24) is 5.32 Å². The van der Waals surface area contributed by atoms with Crippen LogP contribution in [-0.4, -0.2) is 25.4 Å². The molecule has 0 bridgehead atoms. The molecular formula is C17H23NO2. The minimum atomic E-state index is 0.449. The zero-order valence-corrected chi connectivity index (χ0v) is 11.9. The summed E-state index contributed by atoms with van der Waals surface area (Å²) in [6.07, 6.45) is 6.04. The molecule has 1 saturated carbocycles. The van der Waals surface area contributed by atoms with Gasteiger partial charge in [-0.05, 0) is 42.9 Å². The molecule has 1 saturated heterocycles. The Hall–Kier alpha value is -1.32. The molecular weight excluding hydrogens is 250 g/mol. The average Bonchev–Trinajstić information content (AvgIpc) is 3.23. The zero-order chi connectivity index (χ0) is 13.8. The van der Waals surface area contributed by atoms with Crippen molar-refractivity contribution in [3.05, 3.63) is 42.5 Å². The van der Waals surface area contributed by atoms with Crippen molar-refractivity contribution >= 4 is 0 Å². The van der Waals surface area contributed by atoms with E-state index in [2.05, 4.69) is 24.0 Å². The Bertz CT molecular complexity index is 439. The van der Waals surface area contributed by atoms with Crippen LogP contribution in [0.4, 0.5) is 0 Å². The van der Waals surface area contributed by atoms with E-state index in [9.17, 15) is 0 Å². The number of benzene rings is 1. The number of ether oxygens (including phenoxy) is 2. The van der Waals surface area contributed by atoms with Crippen molar-refractivity contribution in [3.8, 4) is 5.75 Å². The van der Waals surface area contributed by atoms with E-state index in [-0.39, 0.29) is 0 Å². The van der Waals surface area contributed by atoms with E-state index in [1.807, 2.05) is 12.1 Å². The molecule has 2 unspecified atom stereocenters. The van der Waals surface area contributed by atoms with Crippen LogP contribution in [0.25, 0.3) is 0 Å². The van der Waals surface area contributed by atoms with Gasteiger partial charge in [0.25, 0.3) is 0 Å². The third kappa shape index (κ3) is 3.41. The van der Waals surface area contributed by atoms with Crippen LogP contribution in [0.3, 0.4) is 0 Å². The Morgan fingerprint density at radius 2 is 2.05 bits per heavy atom. The van der Waals surface area contributed by atoms with Gasteiger partial charge in [-0.15, -0.1) is 0 Å². The van der Waals surface area contributed by atoms with Crippen molar-refractivity contribution in [2.75, 3.05) is 13.2 Å².